The fourth-order valence-corrected chi connectivity index (χ4v) is 5.93. The molecular weight excluding hydrogens is 424 g/mol. The zero-order valence-electron chi connectivity index (χ0n) is 19.7. The number of aryl methyl sites for hydroxylation is 1. The van der Waals surface area contributed by atoms with Crippen molar-refractivity contribution in [1.29, 1.82) is 0 Å². The Bertz CT molecular complexity index is 1020. The molecule has 0 unspecified atom stereocenters. The first-order chi connectivity index (χ1) is 15.2. The molecule has 32 heavy (non-hydrogen) atoms. The van der Waals surface area contributed by atoms with Crippen molar-refractivity contribution in [1.82, 2.24) is 19.4 Å². The lowest BCUT2D eigenvalue weighted by Gasteiger charge is -2.29. The van der Waals surface area contributed by atoms with Gasteiger partial charge in [0.2, 0.25) is 20.9 Å². The molecule has 1 fully saturated rings. The third-order valence-corrected chi connectivity index (χ3v) is 7.68. The molecule has 1 aliphatic carbocycles. The van der Waals surface area contributed by atoms with Crippen LogP contribution in [0.4, 0.5) is 0 Å². The van der Waals surface area contributed by atoms with Crippen LogP contribution in [-0.4, -0.2) is 60.9 Å². The summed E-state index contributed by atoms with van der Waals surface area (Å²) in [7, 11) is 0.315. The summed E-state index contributed by atoms with van der Waals surface area (Å²) < 4.78 is 28.8. The smallest absolute Gasteiger partial charge is 0.228 e. The first kappa shape index (κ1) is 24.5. The van der Waals surface area contributed by atoms with Crippen LogP contribution < -0.4 is 0 Å². The summed E-state index contributed by atoms with van der Waals surface area (Å²) in [6.07, 6.45) is 6.87. The summed E-state index contributed by atoms with van der Waals surface area (Å²) >= 11 is 0. The second kappa shape index (κ2) is 10.6. The number of benzene rings is 1. The molecule has 0 bridgehead atoms. The average Bonchev–Trinajstić information content (AvgIpc) is 3.15. The van der Waals surface area contributed by atoms with E-state index < -0.39 is 9.84 Å². The largest absolute Gasteiger partial charge is 0.336 e. The maximum absolute atomic E-state index is 13.5. The van der Waals surface area contributed by atoms with Gasteiger partial charge in [0.05, 0.1) is 24.2 Å². The summed E-state index contributed by atoms with van der Waals surface area (Å²) in [5.74, 6) is -0.0954. The van der Waals surface area contributed by atoms with Crippen LogP contribution in [0, 0.1) is 6.92 Å². The van der Waals surface area contributed by atoms with Crippen molar-refractivity contribution in [3.05, 3.63) is 47.3 Å². The third-order valence-electron chi connectivity index (χ3n) is 6.11. The lowest BCUT2D eigenvalue weighted by molar-refractivity contribution is -0.129. The molecule has 0 N–H and O–H groups in total. The molecule has 3 rings (SSSR count). The number of rotatable bonds is 9. The Balaban J connectivity index is 1.95. The Morgan fingerprint density at radius 3 is 2.50 bits per heavy atom. The van der Waals surface area contributed by atoms with Gasteiger partial charge in [0.1, 0.15) is 0 Å². The molecule has 7 nitrogen and oxygen atoms in total. The van der Waals surface area contributed by atoms with Crippen LogP contribution in [0.3, 0.4) is 0 Å². The number of nitrogens with zero attached hydrogens (tertiary/aromatic N) is 4. The minimum Gasteiger partial charge on any atom is -0.336 e. The predicted octanol–water partition coefficient (Wildman–Crippen LogP) is 3.58. The number of aromatic nitrogens is 2. The summed E-state index contributed by atoms with van der Waals surface area (Å²) in [5, 5.41) is 0.136. The van der Waals surface area contributed by atoms with Crippen molar-refractivity contribution in [2.75, 3.05) is 27.2 Å². The number of sulfone groups is 1. The second-order valence-electron chi connectivity index (χ2n) is 9.19. The zero-order valence-corrected chi connectivity index (χ0v) is 20.6. The number of hydrogen-bond donors (Lipinski definition) is 0. The summed E-state index contributed by atoms with van der Waals surface area (Å²) in [5.41, 5.74) is 2.60. The number of amides is 1. The van der Waals surface area contributed by atoms with Crippen LogP contribution in [0.25, 0.3) is 0 Å². The minimum absolute atomic E-state index is 0.0209. The highest BCUT2D eigenvalue weighted by molar-refractivity contribution is 7.90. The highest BCUT2D eigenvalue weighted by atomic mass is 32.2. The summed E-state index contributed by atoms with van der Waals surface area (Å²) in [4.78, 5) is 20.5. The summed E-state index contributed by atoms with van der Waals surface area (Å²) in [6, 6.07) is 7.70. The van der Waals surface area contributed by atoms with Gasteiger partial charge in [-0.2, -0.15) is 0 Å². The average molecular weight is 461 g/mol. The molecule has 8 heteroatoms. The van der Waals surface area contributed by atoms with Crippen LogP contribution in [0.1, 0.15) is 61.9 Å². The molecule has 0 aliphatic heterocycles. The molecule has 0 radical (unpaired) electrons. The fraction of sp³-hybridized carbons (Fsp3) is 0.583. The normalized spacial score (nSPS) is 15.3. The van der Waals surface area contributed by atoms with Gasteiger partial charge in [0.15, 0.2) is 0 Å². The Hall–Kier alpha value is -2.19. The number of hydrogen-bond acceptors (Lipinski definition) is 5. The van der Waals surface area contributed by atoms with E-state index in [0.717, 1.165) is 49.0 Å². The maximum atomic E-state index is 13.5. The van der Waals surface area contributed by atoms with Gasteiger partial charge in [0, 0.05) is 26.1 Å². The van der Waals surface area contributed by atoms with E-state index in [1.807, 2.05) is 54.8 Å². The predicted molar refractivity (Wildman–Crippen MR) is 126 cm³/mol. The van der Waals surface area contributed by atoms with Crippen molar-refractivity contribution in [3.8, 4) is 0 Å². The molecule has 176 valence electrons. The Morgan fingerprint density at radius 1 is 1.16 bits per heavy atom. The van der Waals surface area contributed by atoms with Crippen molar-refractivity contribution in [2.24, 2.45) is 0 Å². The molecule has 2 aromatic rings. The molecule has 1 aliphatic rings. The van der Waals surface area contributed by atoms with Crippen molar-refractivity contribution < 1.29 is 13.2 Å². The van der Waals surface area contributed by atoms with Crippen molar-refractivity contribution in [2.45, 2.75) is 69.4 Å². The first-order valence-corrected chi connectivity index (χ1v) is 13.1. The van der Waals surface area contributed by atoms with Gasteiger partial charge in [-0.05, 0) is 39.4 Å². The SMILES string of the molecule is CC(=O)N(CCN(C)C)Cc1cnc(S(=O)(=O)Cc2cccc(C)c2)n1C1CCCCC1. The van der Waals surface area contributed by atoms with Crippen molar-refractivity contribution >= 4 is 15.7 Å². The van der Waals surface area contributed by atoms with E-state index in [2.05, 4.69) is 4.98 Å². The van der Waals surface area contributed by atoms with Gasteiger partial charge in [-0.25, -0.2) is 13.4 Å². The van der Waals surface area contributed by atoms with Gasteiger partial charge < -0.3 is 14.4 Å². The van der Waals surface area contributed by atoms with Crippen LogP contribution >= 0.6 is 0 Å². The molecule has 1 aromatic heterocycles. The van der Waals surface area contributed by atoms with E-state index in [1.165, 1.54) is 6.42 Å². The Morgan fingerprint density at radius 2 is 1.88 bits per heavy atom. The minimum atomic E-state index is -3.63. The fourth-order valence-electron chi connectivity index (χ4n) is 4.40. The number of likely N-dealkylation sites (N-methyl/N-ethyl adjacent to an activating group) is 1. The third kappa shape index (κ3) is 6.19. The van der Waals surface area contributed by atoms with Gasteiger partial charge in [-0.15, -0.1) is 0 Å². The van der Waals surface area contributed by atoms with Crippen molar-refractivity contribution in [3.63, 3.8) is 0 Å². The number of carbonyl (C=O) groups excluding carboxylic acids is 1. The lowest BCUT2D eigenvalue weighted by atomic mass is 9.95. The monoisotopic (exact) mass is 460 g/mol. The maximum Gasteiger partial charge on any atom is 0.228 e. The van der Waals surface area contributed by atoms with Gasteiger partial charge in [0.25, 0.3) is 0 Å². The Labute approximate surface area is 192 Å². The Kier molecular flexibility index (Phi) is 8.11. The molecule has 1 aromatic carbocycles. The lowest BCUT2D eigenvalue weighted by Crippen LogP contribution is -2.35. The van der Waals surface area contributed by atoms with E-state index in [4.69, 9.17) is 0 Å². The molecular formula is C24H36N4O3S. The second-order valence-corrected chi connectivity index (χ2v) is 11.1. The van der Waals surface area contributed by atoms with E-state index >= 15 is 0 Å². The molecule has 1 amide bonds. The van der Waals surface area contributed by atoms with Crippen LogP contribution in [-0.2, 0) is 26.9 Å². The van der Waals surface area contributed by atoms with Gasteiger partial charge in [-0.3, -0.25) is 4.79 Å². The van der Waals surface area contributed by atoms with E-state index in [-0.39, 0.29) is 22.9 Å². The summed E-state index contributed by atoms with van der Waals surface area (Å²) in [6.45, 7) is 5.22. The molecule has 0 atom stereocenters. The van der Waals surface area contributed by atoms with E-state index in [0.29, 0.717) is 13.1 Å². The highest BCUT2D eigenvalue weighted by Gasteiger charge is 2.29. The van der Waals surface area contributed by atoms with E-state index in [1.54, 1.807) is 18.0 Å². The van der Waals surface area contributed by atoms with Crippen LogP contribution in [0.2, 0.25) is 0 Å². The first-order valence-electron chi connectivity index (χ1n) is 11.4. The van der Waals surface area contributed by atoms with E-state index in [9.17, 15) is 13.2 Å². The molecule has 1 heterocycles. The molecule has 1 saturated carbocycles. The van der Waals surface area contributed by atoms with Gasteiger partial charge >= 0.3 is 0 Å². The van der Waals surface area contributed by atoms with Gasteiger partial charge in [-0.1, -0.05) is 49.1 Å². The van der Waals surface area contributed by atoms with Crippen LogP contribution in [0.5, 0.6) is 0 Å². The molecule has 0 saturated heterocycles. The highest BCUT2D eigenvalue weighted by Crippen LogP contribution is 2.33. The van der Waals surface area contributed by atoms with Crippen LogP contribution in [0.15, 0.2) is 35.6 Å². The topological polar surface area (TPSA) is 75.5 Å². The zero-order chi connectivity index (χ0) is 23.3. The standard InChI is InChI=1S/C24H36N4O3S/c1-19-9-8-10-21(15-19)18-32(30,31)24-25-16-23(28(24)22-11-6-5-7-12-22)17-27(20(2)29)14-13-26(3)4/h8-10,15-16,22H,5-7,11-14,17-18H2,1-4H3. The number of imidazole rings is 1. The molecule has 0 spiro atoms. The quantitative estimate of drug-likeness (QED) is 0.572. The number of carbonyl (C=O) groups is 1.